The van der Waals surface area contributed by atoms with E-state index in [1.165, 1.54) is 13.5 Å². The second kappa shape index (κ2) is 19.3. The van der Waals surface area contributed by atoms with Gasteiger partial charge in [0.25, 0.3) is 0 Å². The summed E-state index contributed by atoms with van der Waals surface area (Å²) in [5.41, 5.74) is 0. The average Bonchev–Trinajstić information content (AvgIpc) is 2.44. The van der Waals surface area contributed by atoms with Crippen LogP contribution in [0.4, 0.5) is 0 Å². The number of nitrogens with zero attached hydrogens (tertiary/aromatic N) is 1. The fourth-order valence-corrected chi connectivity index (χ4v) is 1.18. The summed E-state index contributed by atoms with van der Waals surface area (Å²) in [6.07, 6.45) is 4.11. The maximum Gasteiger partial charge on any atom is 0.311 e. The van der Waals surface area contributed by atoms with E-state index in [1.807, 2.05) is 20.8 Å². The van der Waals surface area contributed by atoms with Crippen LogP contribution in [0.5, 0.6) is 0 Å². The molecule has 0 aliphatic carbocycles. The molecule has 0 atom stereocenters. The van der Waals surface area contributed by atoms with Gasteiger partial charge < -0.3 is 10.2 Å². The third kappa shape index (κ3) is 14.9. The highest BCUT2D eigenvalue weighted by atomic mass is 16.2. The predicted molar refractivity (Wildman–Crippen MR) is 83.2 cm³/mol. The number of hydrogen-bond acceptors (Lipinski definition) is 2. The van der Waals surface area contributed by atoms with E-state index in [1.54, 1.807) is 4.90 Å². The van der Waals surface area contributed by atoms with Gasteiger partial charge in [-0.2, -0.15) is 0 Å². The van der Waals surface area contributed by atoms with E-state index in [0.717, 1.165) is 19.3 Å². The zero-order chi connectivity index (χ0) is 15.7. The van der Waals surface area contributed by atoms with Crippen LogP contribution in [0.15, 0.2) is 0 Å². The molecule has 0 aromatic carbocycles. The number of likely N-dealkylation sites (N-methyl/N-ethyl adjacent to an activating group) is 1. The highest BCUT2D eigenvalue weighted by Gasteiger charge is 2.18. The van der Waals surface area contributed by atoms with Crippen molar-refractivity contribution in [1.29, 1.82) is 0 Å². The first-order valence-electron chi connectivity index (χ1n) is 7.59. The Balaban J connectivity index is -0.000000445. The Morgan fingerprint density at radius 1 is 0.947 bits per heavy atom. The van der Waals surface area contributed by atoms with Gasteiger partial charge in [-0.05, 0) is 12.8 Å². The summed E-state index contributed by atoms with van der Waals surface area (Å²) < 4.78 is 0. The van der Waals surface area contributed by atoms with Gasteiger partial charge in [0.05, 0.1) is 0 Å². The third-order valence-corrected chi connectivity index (χ3v) is 1.98. The zero-order valence-corrected chi connectivity index (χ0v) is 14.0. The number of rotatable bonds is 5. The minimum atomic E-state index is -0.519. The maximum absolute atomic E-state index is 11.5. The molecule has 19 heavy (non-hydrogen) atoms. The molecule has 116 valence electrons. The molecular weight excluding hydrogens is 240 g/mol. The second-order valence-corrected chi connectivity index (χ2v) is 3.93. The average molecular weight is 274 g/mol. The molecule has 0 saturated carbocycles. The van der Waals surface area contributed by atoms with Gasteiger partial charge in [-0.25, -0.2) is 0 Å². The number of hydrogen-bond donors (Lipinski definition) is 1. The molecule has 0 aliphatic heterocycles. The van der Waals surface area contributed by atoms with Crippen LogP contribution in [0.1, 0.15) is 67.2 Å². The van der Waals surface area contributed by atoms with E-state index in [2.05, 4.69) is 26.1 Å². The molecule has 4 heteroatoms. The SMILES string of the molecule is CC.CCC.CCCCN(CCC)C(=O)C(=O)NC. The minimum absolute atomic E-state index is 0.414. The van der Waals surface area contributed by atoms with Crippen molar-refractivity contribution in [3.8, 4) is 0 Å². The molecule has 0 radical (unpaired) electrons. The quantitative estimate of drug-likeness (QED) is 0.783. The maximum atomic E-state index is 11.5. The van der Waals surface area contributed by atoms with Crippen molar-refractivity contribution < 1.29 is 9.59 Å². The molecule has 1 N–H and O–H groups in total. The van der Waals surface area contributed by atoms with Gasteiger partial charge >= 0.3 is 11.8 Å². The van der Waals surface area contributed by atoms with Crippen molar-refractivity contribution in [3.05, 3.63) is 0 Å². The molecule has 0 heterocycles. The highest BCUT2D eigenvalue weighted by molar-refractivity contribution is 6.34. The van der Waals surface area contributed by atoms with Crippen LogP contribution in [0.25, 0.3) is 0 Å². The number of unbranched alkanes of at least 4 members (excludes halogenated alkanes) is 1. The molecular formula is C15H34N2O2. The Morgan fingerprint density at radius 2 is 1.42 bits per heavy atom. The topological polar surface area (TPSA) is 49.4 Å². The summed E-state index contributed by atoms with van der Waals surface area (Å²) in [7, 11) is 1.48. The molecule has 2 amide bonds. The summed E-state index contributed by atoms with van der Waals surface area (Å²) >= 11 is 0. The standard InChI is InChI=1S/C10H20N2O2.C3H8.C2H6/c1-4-6-8-12(7-5-2)10(14)9(13)11-3;1-3-2;1-2/h4-8H2,1-3H3,(H,11,13);3H2,1-2H3;1-2H3. The summed E-state index contributed by atoms with van der Waals surface area (Å²) in [6.45, 7) is 13.6. The van der Waals surface area contributed by atoms with Crippen molar-refractivity contribution in [1.82, 2.24) is 10.2 Å². The molecule has 0 aliphatic rings. The van der Waals surface area contributed by atoms with E-state index < -0.39 is 11.8 Å². The van der Waals surface area contributed by atoms with Gasteiger partial charge in [0.2, 0.25) is 0 Å². The Kier molecular flexibility index (Phi) is 23.4. The third-order valence-electron chi connectivity index (χ3n) is 1.98. The van der Waals surface area contributed by atoms with Gasteiger partial charge in [0.1, 0.15) is 0 Å². The first-order valence-corrected chi connectivity index (χ1v) is 7.59. The van der Waals surface area contributed by atoms with Crippen LogP contribution < -0.4 is 5.32 Å². The van der Waals surface area contributed by atoms with Gasteiger partial charge in [0.15, 0.2) is 0 Å². The highest BCUT2D eigenvalue weighted by Crippen LogP contribution is 1.97. The van der Waals surface area contributed by atoms with Gasteiger partial charge in [-0.1, -0.05) is 54.4 Å². The van der Waals surface area contributed by atoms with Gasteiger partial charge in [-0.15, -0.1) is 0 Å². The molecule has 0 spiro atoms. The molecule has 0 saturated heterocycles. The van der Waals surface area contributed by atoms with E-state index >= 15 is 0 Å². The van der Waals surface area contributed by atoms with Crippen LogP contribution in [0, 0.1) is 0 Å². The van der Waals surface area contributed by atoms with Crippen LogP contribution in [-0.4, -0.2) is 36.9 Å². The molecule has 0 rings (SSSR count). The fraction of sp³-hybridized carbons (Fsp3) is 0.867. The molecule has 0 unspecified atom stereocenters. The van der Waals surface area contributed by atoms with Crippen LogP contribution in [0.2, 0.25) is 0 Å². The monoisotopic (exact) mass is 274 g/mol. The van der Waals surface area contributed by atoms with Crippen molar-refractivity contribution in [3.63, 3.8) is 0 Å². The van der Waals surface area contributed by atoms with E-state index in [-0.39, 0.29) is 0 Å². The van der Waals surface area contributed by atoms with Crippen molar-refractivity contribution in [2.45, 2.75) is 67.2 Å². The van der Waals surface area contributed by atoms with E-state index in [9.17, 15) is 9.59 Å². The molecule has 0 fully saturated rings. The summed E-state index contributed by atoms with van der Waals surface area (Å²) in [6, 6.07) is 0. The van der Waals surface area contributed by atoms with Crippen molar-refractivity contribution in [2.75, 3.05) is 20.1 Å². The van der Waals surface area contributed by atoms with E-state index in [0.29, 0.717) is 13.1 Å². The normalized spacial score (nSPS) is 8.37. The largest absolute Gasteiger partial charge is 0.351 e. The Bertz CT molecular complexity index is 206. The molecule has 0 aromatic heterocycles. The lowest BCUT2D eigenvalue weighted by Gasteiger charge is -2.20. The van der Waals surface area contributed by atoms with Gasteiger partial charge in [0, 0.05) is 20.1 Å². The number of nitrogens with one attached hydrogen (secondary N) is 1. The fourth-order valence-electron chi connectivity index (χ4n) is 1.18. The van der Waals surface area contributed by atoms with Crippen LogP contribution in [-0.2, 0) is 9.59 Å². The summed E-state index contributed by atoms with van der Waals surface area (Å²) in [5.74, 6) is -0.933. The van der Waals surface area contributed by atoms with E-state index in [4.69, 9.17) is 0 Å². The number of amides is 2. The first-order chi connectivity index (χ1) is 9.08. The lowest BCUT2D eigenvalue weighted by Crippen LogP contribution is -2.42. The molecule has 0 aromatic rings. The van der Waals surface area contributed by atoms with Crippen molar-refractivity contribution in [2.24, 2.45) is 0 Å². The Labute approximate surface area is 119 Å². The van der Waals surface area contributed by atoms with Crippen LogP contribution >= 0.6 is 0 Å². The Hall–Kier alpha value is -1.06. The summed E-state index contributed by atoms with van der Waals surface area (Å²) in [5, 5.41) is 2.35. The smallest absolute Gasteiger partial charge is 0.311 e. The predicted octanol–water partition coefficient (Wildman–Crippen LogP) is 3.21. The lowest BCUT2D eigenvalue weighted by molar-refractivity contribution is -0.145. The lowest BCUT2D eigenvalue weighted by atomic mass is 10.3. The molecule has 4 nitrogen and oxygen atoms in total. The summed E-state index contributed by atoms with van der Waals surface area (Å²) in [4.78, 5) is 24.2. The second-order valence-electron chi connectivity index (χ2n) is 3.93. The number of carbonyl (C=O) groups excluding carboxylic acids is 2. The number of carbonyl (C=O) groups is 2. The van der Waals surface area contributed by atoms with Crippen molar-refractivity contribution >= 4 is 11.8 Å². The first kappa shape index (κ1) is 23.1. The minimum Gasteiger partial charge on any atom is -0.351 e. The van der Waals surface area contributed by atoms with Crippen LogP contribution in [0.3, 0.4) is 0 Å². The zero-order valence-electron chi connectivity index (χ0n) is 14.0. The molecule has 0 bridgehead atoms. The Morgan fingerprint density at radius 3 is 1.74 bits per heavy atom. The van der Waals surface area contributed by atoms with Gasteiger partial charge in [-0.3, -0.25) is 9.59 Å².